The van der Waals surface area contributed by atoms with Crippen LogP contribution in [0.5, 0.6) is 0 Å². The van der Waals surface area contributed by atoms with Gasteiger partial charge in [-0.1, -0.05) is 0 Å². The van der Waals surface area contributed by atoms with Crippen molar-refractivity contribution in [1.82, 2.24) is 0 Å². The average molecular weight is 358 g/mol. The van der Waals surface area contributed by atoms with Gasteiger partial charge in [0.05, 0.1) is 0 Å². The first-order chi connectivity index (χ1) is 10.2. The molecule has 12 heteroatoms. The summed E-state index contributed by atoms with van der Waals surface area (Å²) in [5.74, 6) is 0. The monoisotopic (exact) mass is 358 g/mol. The number of hydrogen-bond donors (Lipinski definition) is 0. The molecule has 0 N–H and O–H groups in total. The second-order valence-electron chi connectivity index (χ2n) is 3.91. The lowest BCUT2D eigenvalue weighted by molar-refractivity contribution is -0.477. The molecule has 22 heavy (non-hydrogen) atoms. The number of alkyl halides is 5. The molecule has 0 aromatic carbocycles. The normalized spacial score (nSPS) is 13.6. The summed E-state index contributed by atoms with van der Waals surface area (Å²) in [6.45, 7) is -3.46. The van der Waals surface area contributed by atoms with Gasteiger partial charge in [0.25, 0.3) is 0 Å². The molecule has 0 saturated heterocycles. The van der Waals surface area contributed by atoms with Crippen LogP contribution in [0.25, 0.3) is 0 Å². The van der Waals surface area contributed by atoms with Crippen molar-refractivity contribution in [2.24, 2.45) is 0 Å². The third-order valence-electron chi connectivity index (χ3n) is 2.44. The highest BCUT2D eigenvalue weighted by Gasteiger charge is 2.46. The Labute approximate surface area is 125 Å². The Bertz CT molecular complexity index is 297. The molecular formula is C10H19F5O6Si. The molecule has 134 valence electrons. The van der Waals surface area contributed by atoms with Crippen molar-refractivity contribution < 1.29 is 49.4 Å². The maximum atomic E-state index is 12.7. The van der Waals surface area contributed by atoms with E-state index in [1.54, 1.807) is 0 Å². The highest BCUT2D eigenvalue weighted by atomic mass is 28.4. The van der Waals surface area contributed by atoms with Crippen LogP contribution < -0.4 is 0 Å². The Kier molecular flexibility index (Phi) is 9.53. The second kappa shape index (κ2) is 9.70. The van der Waals surface area contributed by atoms with Crippen molar-refractivity contribution in [2.75, 3.05) is 41.4 Å². The zero-order valence-corrected chi connectivity index (χ0v) is 13.4. The first kappa shape index (κ1) is 21.6. The fourth-order valence-electron chi connectivity index (χ4n) is 1.35. The highest BCUT2D eigenvalue weighted by Crippen LogP contribution is 2.28. The van der Waals surface area contributed by atoms with Gasteiger partial charge in [-0.2, -0.15) is 8.78 Å². The Morgan fingerprint density at radius 3 is 1.95 bits per heavy atom. The van der Waals surface area contributed by atoms with Gasteiger partial charge in [-0.25, -0.2) is 9.13 Å². The lowest BCUT2D eigenvalue weighted by Crippen LogP contribution is -2.42. The van der Waals surface area contributed by atoms with E-state index in [9.17, 15) is 22.0 Å². The first-order valence-corrected chi connectivity index (χ1v) is 7.98. The number of hydrogen-bond acceptors (Lipinski definition) is 6. The van der Waals surface area contributed by atoms with E-state index in [2.05, 4.69) is 14.2 Å². The molecule has 0 saturated carbocycles. The Morgan fingerprint density at radius 1 is 0.955 bits per heavy atom. The molecule has 0 spiro atoms. The highest BCUT2D eigenvalue weighted by molar-refractivity contribution is 6.60. The van der Waals surface area contributed by atoms with Crippen molar-refractivity contribution in [3.8, 4) is 0 Å². The molecular weight excluding hydrogens is 339 g/mol. The van der Waals surface area contributed by atoms with Crippen LogP contribution >= 0.6 is 0 Å². The molecule has 0 aromatic rings. The van der Waals surface area contributed by atoms with E-state index >= 15 is 0 Å². The SMILES string of the molecule is CO[Si](CCCOCOC(F)(F)OC(F)(F)CF)(OC)OC. The van der Waals surface area contributed by atoms with Crippen molar-refractivity contribution in [2.45, 2.75) is 24.9 Å². The zero-order chi connectivity index (χ0) is 17.3. The summed E-state index contributed by atoms with van der Waals surface area (Å²) in [6.07, 6.45) is -8.97. The summed E-state index contributed by atoms with van der Waals surface area (Å²) in [6, 6.07) is 0.351. The van der Waals surface area contributed by atoms with E-state index in [4.69, 9.17) is 13.3 Å². The van der Waals surface area contributed by atoms with Crippen LogP contribution in [-0.2, 0) is 27.5 Å². The summed E-state index contributed by atoms with van der Waals surface area (Å²) in [5.41, 5.74) is 0. The third kappa shape index (κ3) is 8.31. The predicted octanol–water partition coefficient (Wildman–Crippen LogP) is 2.37. The van der Waals surface area contributed by atoms with Crippen LogP contribution in [0.1, 0.15) is 6.42 Å². The van der Waals surface area contributed by atoms with Crippen LogP contribution in [-0.4, -0.2) is 62.6 Å². The lowest BCUT2D eigenvalue weighted by Gasteiger charge is -2.24. The summed E-state index contributed by atoms with van der Waals surface area (Å²) in [5, 5.41) is 0. The Hall–Kier alpha value is -0.373. The average Bonchev–Trinajstić information content (AvgIpc) is 2.46. The van der Waals surface area contributed by atoms with E-state index in [1.807, 2.05) is 0 Å². The van der Waals surface area contributed by atoms with Gasteiger partial charge in [0, 0.05) is 34.0 Å². The summed E-state index contributed by atoms with van der Waals surface area (Å²) >= 11 is 0. The molecule has 0 aromatic heterocycles. The summed E-state index contributed by atoms with van der Waals surface area (Å²) in [7, 11) is 1.44. The largest absolute Gasteiger partial charge is 0.500 e. The maximum Gasteiger partial charge on any atom is 0.500 e. The third-order valence-corrected chi connectivity index (χ3v) is 5.27. The van der Waals surface area contributed by atoms with Gasteiger partial charge in [-0.3, -0.25) is 4.74 Å². The van der Waals surface area contributed by atoms with E-state index in [-0.39, 0.29) is 6.61 Å². The van der Waals surface area contributed by atoms with Crippen molar-refractivity contribution in [3.05, 3.63) is 0 Å². The van der Waals surface area contributed by atoms with Crippen LogP contribution in [0.2, 0.25) is 6.04 Å². The maximum absolute atomic E-state index is 12.7. The minimum absolute atomic E-state index is 0.0413. The zero-order valence-electron chi connectivity index (χ0n) is 12.4. The van der Waals surface area contributed by atoms with Gasteiger partial charge in [-0.05, 0) is 6.42 Å². The predicted molar refractivity (Wildman–Crippen MR) is 65.1 cm³/mol. The molecule has 0 unspecified atom stereocenters. The number of ether oxygens (including phenoxy) is 3. The van der Waals surface area contributed by atoms with E-state index in [0.717, 1.165) is 0 Å². The molecule has 0 fully saturated rings. The molecule has 0 amide bonds. The first-order valence-electron chi connectivity index (χ1n) is 6.05. The van der Waals surface area contributed by atoms with Gasteiger partial charge in [-0.15, -0.1) is 8.78 Å². The molecule has 0 heterocycles. The second-order valence-corrected chi connectivity index (χ2v) is 7.00. The molecule has 6 nitrogen and oxygen atoms in total. The van der Waals surface area contributed by atoms with Crippen molar-refractivity contribution in [1.29, 1.82) is 0 Å². The molecule has 0 aliphatic heterocycles. The Balaban J connectivity index is 3.94. The molecule has 0 atom stereocenters. The van der Waals surface area contributed by atoms with Crippen LogP contribution in [0.15, 0.2) is 0 Å². The topological polar surface area (TPSA) is 55.4 Å². The molecule has 0 radical (unpaired) electrons. The van der Waals surface area contributed by atoms with E-state index in [0.29, 0.717) is 12.5 Å². The lowest BCUT2D eigenvalue weighted by atomic mass is 10.5. The molecule has 0 bridgehead atoms. The van der Waals surface area contributed by atoms with Gasteiger partial charge in [0.1, 0.15) is 0 Å². The van der Waals surface area contributed by atoms with Gasteiger partial charge < -0.3 is 18.0 Å². The smallest absolute Gasteiger partial charge is 0.377 e. The number of halogens is 5. The number of rotatable bonds is 13. The quantitative estimate of drug-likeness (QED) is 0.218. The van der Waals surface area contributed by atoms with Gasteiger partial charge in [0.2, 0.25) is 0 Å². The Morgan fingerprint density at radius 2 is 1.50 bits per heavy atom. The molecule has 0 aliphatic carbocycles. The van der Waals surface area contributed by atoms with Gasteiger partial charge in [0.15, 0.2) is 13.5 Å². The van der Waals surface area contributed by atoms with Crippen LogP contribution in [0.4, 0.5) is 22.0 Å². The fourth-order valence-corrected chi connectivity index (χ4v) is 3.04. The van der Waals surface area contributed by atoms with Crippen molar-refractivity contribution in [3.63, 3.8) is 0 Å². The van der Waals surface area contributed by atoms with Crippen LogP contribution in [0.3, 0.4) is 0 Å². The fraction of sp³-hybridized carbons (Fsp3) is 1.00. The van der Waals surface area contributed by atoms with Gasteiger partial charge >= 0.3 is 21.2 Å². The van der Waals surface area contributed by atoms with Crippen molar-refractivity contribution >= 4 is 8.80 Å². The minimum Gasteiger partial charge on any atom is -0.377 e. The summed E-state index contributed by atoms with van der Waals surface area (Å²) in [4.78, 5) is 0. The standard InChI is InChI=1S/C10H19F5O6Si/c1-16-22(17-2,18-3)6-4-5-19-8-20-10(14,15)21-9(12,13)7-11/h4-8H2,1-3H3. The van der Waals surface area contributed by atoms with E-state index < -0.39 is 34.7 Å². The minimum atomic E-state index is -4.67. The van der Waals surface area contributed by atoms with Crippen LogP contribution in [0, 0.1) is 0 Å². The molecule has 0 aliphatic rings. The molecule has 0 rings (SSSR count). The summed E-state index contributed by atoms with van der Waals surface area (Å²) < 4.78 is 88.3. The van der Waals surface area contributed by atoms with E-state index in [1.165, 1.54) is 21.3 Å².